The molecule has 1 aliphatic carbocycles. The minimum Gasteiger partial charge on any atom is -0.506 e. The Morgan fingerprint density at radius 3 is 2.43 bits per heavy atom. The van der Waals surface area contributed by atoms with Crippen molar-refractivity contribution in [2.24, 2.45) is 11.8 Å². The number of anilines is 2. The van der Waals surface area contributed by atoms with Crippen LogP contribution in [0, 0.1) is 11.8 Å². The zero-order valence-electron chi connectivity index (χ0n) is 35.6. The molecule has 5 aromatic rings. The molecule has 1 saturated heterocycles. The number of pyridine rings is 1. The summed E-state index contributed by atoms with van der Waals surface area (Å²) >= 11 is 6.58. The van der Waals surface area contributed by atoms with Gasteiger partial charge in [0.15, 0.2) is 0 Å². The smallest absolute Gasteiger partial charge is 0.411 e. The van der Waals surface area contributed by atoms with Gasteiger partial charge >= 0.3 is 6.09 Å². The van der Waals surface area contributed by atoms with Crippen molar-refractivity contribution >= 4 is 51.8 Å². The van der Waals surface area contributed by atoms with Gasteiger partial charge in [-0.15, -0.1) is 0 Å². The highest BCUT2D eigenvalue weighted by atomic mass is 35.5. The molecule has 332 valence electrons. The number of phenols is 1. The van der Waals surface area contributed by atoms with E-state index in [2.05, 4.69) is 25.8 Å². The van der Waals surface area contributed by atoms with Crippen molar-refractivity contribution in [2.45, 2.75) is 57.3 Å². The van der Waals surface area contributed by atoms with E-state index in [9.17, 15) is 29.4 Å². The van der Waals surface area contributed by atoms with Crippen LogP contribution >= 0.6 is 11.6 Å². The first-order valence-electron chi connectivity index (χ1n) is 21.4. The van der Waals surface area contributed by atoms with Gasteiger partial charge in [0.25, 0.3) is 0 Å². The average molecular weight is 879 g/mol. The molecule has 0 unspecified atom stereocenters. The van der Waals surface area contributed by atoms with Crippen LogP contribution in [0.4, 0.5) is 16.2 Å². The van der Waals surface area contributed by atoms with Crippen molar-refractivity contribution in [3.05, 3.63) is 117 Å². The number of para-hydroxylation sites is 1. The monoisotopic (exact) mass is 878 g/mol. The van der Waals surface area contributed by atoms with Crippen molar-refractivity contribution in [2.75, 3.05) is 57.5 Å². The van der Waals surface area contributed by atoms with E-state index in [1.807, 2.05) is 54.6 Å². The van der Waals surface area contributed by atoms with Crippen LogP contribution in [0.5, 0.6) is 11.5 Å². The summed E-state index contributed by atoms with van der Waals surface area (Å²) in [6.45, 7) is 3.47. The van der Waals surface area contributed by atoms with Gasteiger partial charge in [0.1, 0.15) is 17.6 Å². The van der Waals surface area contributed by atoms with Gasteiger partial charge in [-0.2, -0.15) is 0 Å². The molecule has 0 bridgehead atoms. The number of aromatic amines is 1. The number of benzene rings is 4. The maximum Gasteiger partial charge on any atom is 0.411 e. The normalized spacial score (nSPS) is 17.6. The highest BCUT2D eigenvalue weighted by Gasteiger charge is 2.42. The molecule has 1 aliphatic heterocycles. The van der Waals surface area contributed by atoms with Crippen LogP contribution in [0.25, 0.3) is 22.0 Å². The number of ether oxygens (including phenoxy) is 2. The number of hydrogen-bond acceptors (Lipinski definition) is 10. The van der Waals surface area contributed by atoms with E-state index in [1.165, 1.54) is 19.2 Å². The van der Waals surface area contributed by atoms with Crippen LogP contribution in [0.15, 0.2) is 95.8 Å². The van der Waals surface area contributed by atoms with Gasteiger partial charge in [-0.25, -0.2) is 4.79 Å². The van der Waals surface area contributed by atoms with Gasteiger partial charge in [-0.05, 0) is 72.9 Å². The lowest BCUT2D eigenvalue weighted by molar-refractivity contribution is -0.130. The molecule has 4 atom stereocenters. The molecule has 0 radical (unpaired) electrons. The number of likely N-dealkylation sites (tertiary alicyclic amines) is 1. The lowest BCUT2D eigenvalue weighted by Gasteiger charge is -2.21. The molecular weight excluding hydrogens is 824 g/mol. The number of aliphatic hydroxyl groups is 1. The molecule has 1 saturated carbocycles. The number of fused-ring (bicyclic) bond motifs is 2. The van der Waals surface area contributed by atoms with Gasteiger partial charge in [0, 0.05) is 87.8 Å². The van der Waals surface area contributed by atoms with E-state index in [0.717, 1.165) is 48.3 Å². The lowest BCUT2D eigenvalue weighted by Crippen LogP contribution is -2.33. The summed E-state index contributed by atoms with van der Waals surface area (Å²) in [5.74, 6) is 1.15. The number of carbonyl (C=O) groups is 3. The number of aliphatic hydroxyl groups excluding tert-OH is 1. The Morgan fingerprint density at radius 2 is 1.67 bits per heavy atom. The maximum atomic E-state index is 13.0. The van der Waals surface area contributed by atoms with Crippen molar-refractivity contribution in [1.29, 1.82) is 0 Å². The topological polar surface area (TPSA) is 186 Å². The molecule has 7 rings (SSSR count). The van der Waals surface area contributed by atoms with Crippen LogP contribution in [-0.4, -0.2) is 95.9 Å². The quantitative estimate of drug-likeness (QED) is 0.0488. The summed E-state index contributed by atoms with van der Waals surface area (Å²) < 4.78 is 11.5. The molecule has 14 nitrogen and oxygen atoms in total. The summed E-state index contributed by atoms with van der Waals surface area (Å²) in [5.41, 5.74) is 4.26. The predicted octanol–water partition coefficient (Wildman–Crippen LogP) is 7.30. The molecule has 63 heavy (non-hydrogen) atoms. The van der Waals surface area contributed by atoms with Crippen LogP contribution in [0.1, 0.15) is 55.8 Å². The number of unbranched alkanes of at least 4 members (excludes halogenated alkanes) is 1. The molecule has 3 amide bonds. The highest BCUT2D eigenvalue weighted by molar-refractivity contribution is 6.33. The second-order valence-corrected chi connectivity index (χ2v) is 16.9. The average Bonchev–Trinajstić information content (AvgIpc) is 3.84. The number of methoxy groups -OCH3 is 1. The molecule has 2 heterocycles. The predicted molar refractivity (Wildman–Crippen MR) is 244 cm³/mol. The second kappa shape index (κ2) is 21.0. The number of aromatic nitrogens is 1. The minimum absolute atomic E-state index is 0.0690. The third-order valence-electron chi connectivity index (χ3n) is 12.1. The third-order valence-corrected chi connectivity index (χ3v) is 12.4. The molecule has 1 aromatic heterocycles. The summed E-state index contributed by atoms with van der Waals surface area (Å²) in [5, 5.41) is 31.0. The molecule has 15 heteroatoms. The van der Waals surface area contributed by atoms with Gasteiger partial charge < -0.3 is 45.1 Å². The highest BCUT2D eigenvalue weighted by Crippen LogP contribution is 2.40. The number of amides is 3. The number of hydrogen-bond donors (Lipinski definition) is 6. The van der Waals surface area contributed by atoms with Gasteiger partial charge in [-0.3, -0.25) is 19.7 Å². The van der Waals surface area contributed by atoms with Gasteiger partial charge in [-0.1, -0.05) is 66.2 Å². The molecule has 6 N–H and O–H groups in total. The Kier molecular flexibility index (Phi) is 15.0. The Labute approximate surface area is 371 Å². The van der Waals surface area contributed by atoms with Crippen molar-refractivity contribution in [3.63, 3.8) is 0 Å². The molecule has 2 fully saturated rings. The summed E-state index contributed by atoms with van der Waals surface area (Å²) in [6, 6.07) is 27.0. The van der Waals surface area contributed by atoms with Crippen molar-refractivity contribution in [1.82, 2.24) is 20.1 Å². The summed E-state index contributed by atoms with van der Waals surface area (Å²) in [4.78, 5) is 57.2. The zero-order valence-corrected chi connectivity index (χ0v) is 36.3. The van der Waals surface area contributed by atoms with E-state index in [1.54, 1.807) is 36.2 Å². The third kappa shape index (κ3) is 11.6. The van der Waals surface area contributed by atoms with Crippen LogP contribution in [-0.2, 0) is 20.9 Å². The van der Waals surface area contributed by atoms with E-state index in [-0.39, 0.29) is 47.7 Å². The maximum absolute atomic E-state index is 13.0. The van der Waals surface area contributed by atoms with Crippen LogP contribution in [0.2, 0.25) is 5.02 Å². The number of rotatable bonds is 18. The fourth-order valence-corrected chi connectivity index (χ4v) is 9.04. The van der Waals surface area contributed by atoms with E-state index in [4.69, 9.17) is 21.1 Å². The Hall–Kier alpha value is -5.93. The van der Waals surface area contributed by atoms with Crippen LogP contribution < -0.4 is 26.2 Å². The molecule has 2 aliphatic rings. The van der Waals surface area contributed by atoms with E-state index < -0.39 is 12.2 Å². The summed E-state index contributed by atoms with van der Waals surface area (Å²) in [7, 11) is 3.32. The number of aromatic hydroxyl groups is 1. The summed E-state index contributed by atoms with van der Waals surface area (Å²) in [6.07, 6.45) is 2.07. The van der Waals surface area contributed by atoms with Crippen LogP contribution in [0.3, 0.4) is 0 Å². The largest absolute Gasteiger partial charge is 0.506 e. The first-order chi connectivity index (χ1) is 30.4. The van der Waals surface area contributed by atoms with E-state index >= 15 is 0 Å². The van der Waals surface area contributed by atoms with Crippen molar-refractivity contribution < 1.29 is 34.1 Å². The Bertz CT molecular complexity index is 2450. The second-order valence-electron chi connectivity index (χ2n) is 16.5. The zero-order chi connectivity index (χ0) is 44.5. The van der Waals surface area contributed by atoms with E-state index in [0.29, 0.717) is 78.1 Å². The number of phenolic OH excluding ortho intramolecular Hbond substituents is 1. The Morgan fingerprint density at radius 1 is 0.921 bits per heavy atom. The van der Waals surface area contributed by atoms with Crippen molar-refractivity contribution in [3.8, 4) is 22.6 Å². The van der Waals surface area contributed by atoms with Gasteiger partial charge in [0.05, 0.1) is 35.1 Å². The lowest BCUT2D eigenvalue weighted by atomic mass is 10.0. The SMILES string of the molecule is COc1cc(NC(=O)CCCCN(C)C(=O)CCN2C[C@H]3C[C@H](OC(=O)Nc4ccccc4-c4ccccc4)C[C@H]3C2)c(Cl)cc1CNC[C@H](O)c1ccc(O)c2[nH]c(=O)ccc12. The fraction of sp³-hybridized carbons (Fsp3) is 0.375. The number of carbonyl (C=O) groups excluding carboxylic acids is 3. The first kappa shape index (κ1) is 45.1. The number of halogens is 1. The minimum atomic E-state index is -0.942. The number of nitrogens with zero attached hydrogens (tertiary/aromatic N) is 2. The standard InChI is InChI=1S/C48H55ClN6O8/c1-54(46(60)19-21-55-28-32-22-34(23-33(32)29-55)63-48(61)52-39-13-7-6-12-35(39)30-10-4-3-5-11-30)20-9-8-14-44(58)51-40-25-43(62-2)31(24-38(40)49)26-50-27-42(57)36-15-17-41(56)47-37(36)16-18-45(59)53-47/h3-7,10-13,15-18,24-25,32-34,42,50,56-57H,8-9,14,19-23,26-29H2,1-2H3,(H,51,58)(H,52,61)(H,53,59)/t32-,33+,34+,42-/m0/s1. The first-order valence-corrected chi connectivity index (χ1v) is 21.8. The fourth-order valence-electron chi connectivity index (χ4n) is 8.81. The van der Waals surface area contributed by atoms with Gasteiger partial charge in [0.2, 0.25) is 17.4 Å². The molecule has 0 spiro atoms. The molecule has 4 aromatic carbocycles. The molecular formula is C48H55ClN6O8. The number of H-pyrrole nitrogens is 1. The Balaban J connectivity index is 0.774. The number of nitrogens with one attached hydrogen (secondary N) is 4.